The lowest BCUT2D eigenvalue weighted by Crippen LogP contribution is -2.36. The van der Waals surface area contributed by atoms with Crippen LogP contribution in [0.2, 0.25) is 0 Å². The molecule has 0 saturated carbocycles. The number of alkyl halides is 5. The van der Waals surface area contributed by atoms with E-state index in [-0.39, 0.29) is 13.0 Å². The van der Waals surface area contributed by atoms with Crippen LogP contribution in [0.15, 0.2) is 0 Å². The van der Waals surface area contributed by atoms with Crippen molar-refractivity contribution < 1.29 is 41.0 Å². The molecule has 0 aliphatic rings. The van der Waals surface area contributed by atoms with Crippen molar-refractivity contribution >= 4 is 11.9 Å². The fraction of sp³-hybridized carbons (Fsp3) is 0.846. The van der Waals surface area contributed by atoms with E-state index in [2.05, 4.69) is 4.74 Å². The van der Waals surface area contributed by atoms with Crippen molar-refractivity contribution in [1.29, 1.82) is 0 Å². The van der Waals surface area contributed by atoms with Crippen molar-refractivity contribution in [3.05, 3.63) is 0 Å². The standard InChI is InChI=1S/C13H19F5O4/c1-4-11(2,3)9(19)21-6-5-7-22-10(20)12(14,15)8-13(16,17)18/h4-8H2,1-3H3. The first kappa shape index (κ1) is 20.6. The number of hydrogen-bond acceptors (Lipinski definition) is 4. The average molecular weight is 334 g/mol. The van der Waals surface area contributed by atoms with Gasteiger partial charge in [-0.15, -0.1) is 0 Å². The fourth-order valence-electron chi connectivity index (χ4n) is 1.16. The summed E-state index contributed by atoms with van der Waals surface area (Å²) in [7, 11) is 0. The highest BCUT2D eigenvalue weighted by molar-refractivity contribution is 5.77. The molecule has 4 nitrogen and oxygen atoms in total. The molecule has 0 aliphatic heterocycles. The highest BCUT2D eigenvalue weighted by Crippen LogP contribution is 2.32. The van der Waals surface area contributed by atoms with Gasteiger partial charge >= 0.3 is 24.0 Å². The molecule has 130 valence electrons. The molecule has 0 aromatic heterocycles. The van der Waals surface area contributed by atoms with Crippen LogP contribution in [0, 0.1) is 5.41 Å². The lowest BCUT2D eigenvalue weighted by Gasteiger charge is -2.20. The highest BCUT2D eigenvalue weighted by Gasteiger charge is 2.50. The quantitative estimate of drug-likeness (QED) is 0.387. The van der Waals surface area contributed by atoms with E-state index in [1.165, 1.54) is 0 Å². The molecule has 0 aromatic carbocycles. The van der Waals surface area contributed by atoms with Gasteiger partial charge in [-0.25, -0.2) is 4.79 Å². The van der Waals surface area contributed by atoms with Crippen LogP contribution in [0.3, 0.4) is 0 Å². The maximum Gasteiger partial charge on any atom is 0.395 e. The predicted molar refractivity (Wildman–Crippen MR) is 66.2 cm³/mol. The minimum absolute atomic E-state index is 0.0840. The third-order valence-electron chi connectivity index (χ3n) is 2.91. The topological polar surface area (TPSA) is 52.6 Å². The molecular formula is C13H19F5O4. The number of hydrogen-bond donors (Lipinski definition) is 0. The van der Waals surface area contributed by atoms with Gasteiger partial charge in [0.15, 0.2) is 0 Å². The Kier molecular flexibility index (Phi) is 7.24. The van der Waals surface area contributed by atoms with E-state index in [0.29, 0.717) is 6.42 Å². The summed E-state index contributed by atoms with van der Waals surface area (Å²) in [5.74, 6) is -7.37. The van der Waals surface area contributed by atoms with Gasteiger partial charge in [0, 0.05) is 6.42 Å². The van der Waals surface area contributed by atoms with Crippen molar-refractivity contribution in [3.8, 4) is 0 Å². The third kappa shape index (κ3) is 7.56. The Labute approximate surface area is 124 Å². The summed E-state index contributed by atoms with van der Waals surface area (Å²) in [6.45, 7) is 4.36. The maximum atomic E-state index is 12.9. The molecule has 0 aromatic rings. The molecule has 0 fully saturated rings. The Balaban J connectivity index is 4.07. The van der Waals surface area contributed by atoms with Gasteiger partial charge in [0.1, 0.15) is 6.42 Å². The number of carbonyl (C=O) groups excluding carboxylic acids is 2. The van der Waals surface area contributed by atoms with Crippen molar-refractivity contribution in [1.82, 2.24) is 0 Å². The van der Waals surface area contributed by atoms with Gasteiger partial charge in [-0.05, 0) is 20.3 Å². The molecule has 9 heteroatoms. The number of rotatable bonds is 8. The SMILES string of the molecule is CCC(C)(C)C(=O)OCCCOC(=O)C(F)(F)CC(F)(F)F. The van der Waals surface area contributed by atoms with Gasteiger partial charge in [0.05, 0.1) is 18.6 Å². The Hall–Kier alpha value is -1.41. The lowest BCUT2D eigenvalue weighted by atomic mass is 9.91. The molecule has 0 bridgehead atoms. The highest BCUT2D eigenvalue weighted by atomic mass is 19.4. The Bertz CT molecular complexity index is 390. The Morgan fingerprint density at radius 1 is 0.909 bits per heavy atom. The molecule has 0 heterocycles. The summed E-state index contributed by atoms with van der Waals surface area (Å²) in [6, 6.07) is 0. The van der Waals surface area contributed by atoms with Crippen LogP contribution in [0.25, 0.3) is 0 Å². The monoisotopic (exact) mass is 334 g/mol. The maximum absolute atomic E-state index is 12.9. The van der Waals surface area contributed by atoms with E-state index in [1.54, 1.807) is 20.8 Å². The van der Waals surface area contributed by atoms with E-state index in [0.717, 1.165) is 0 Å². The zero-order valence-electron chi connectivity index (χ0n) is 12.6. The summed E-state index contributed by atoms with van der Waals surface area (Å²) < 4.78 is 70.2. The van der Waals surface area contributed by atoms with Gasteiger partial charge in [-0.2, -0.15) is 22.0 Å². The van der Waals surface area contributed by atoms with Gasteiger partial charge in [0.2, 0.25) is 0 Å². The zero-order chi connectivity index (χ0) is 17.6. The van der Waals surface area contributed by atoms with Crippen LogP contribution in [0.5, 0.6) is 0 Å². The van der Waals surface area contributed by atoms with Crippen molar-refractivity contribution in [3.63, 3.8) is 0 Å². The van der Waals surface area contributed by atoms with Crippen LogP contribution in [-0.2, 0) is 19.1 Å². The molecule has 0 atom stereocenters. The summed E-state index contributed by atoms with van der Waals surface area (Å²) in [5.41, 5.74) is -0.698. The smallest absolute Gasteiger partial charge is 0.395 e. The van der Waals surface area contributed by atoms with Crippen molar-refractivity contribution in [2.24, 2.45) is 5.41 Å². The Morgan fingerprint density at radius 3 is 1.77 bits per heavy atom. The van der Waals surface area contributed by atoms with Crippen LogP contribution >= 0.6 is 0 Å². The van der Waals surface area contributed by atoms with Gasteiger partial charge < -0.3 is 9.47 Å². The number of esters is 2. The molecule has 0 rings (SSSR count). The summed E-state index contributed by atoms with van der Waals surface area (Å²) in [6.07, 6.45) is -7.30. The summed E-state index contributed by atoms with van der Waals surface area (Å²) in [5, 5.41) is 0. The van der Waals surface area contributed by atoms with Gasteiger partial charge in [0.25, 0.3) is 0 Å². The van der Waals surface area contributed by atoms with E-state index in [4.69, 9.17) is 4.74 Å². The predicted octanol–water partition coefficient (Wildman–Crippen LogP) is 3.49. The van der Waals surface area contributed by atoms with E-state index in [9.17, 15) is 31.5 Å². The molecule has 0 unspecified atom stereocenters. The number of carbonyl (C=O) groups is 2. The second kappa shape index (κ2) is 7.73. The minimum Gasteiger partial charge on any atom is -0.465 e. The number of halogens is 5. The molecule has 0 saturated heterocycles. The van der Waals surface area contributed by atoms with Gasteiger partial charge in [-0.3, -0.25) is 4.79 Å². The zero-order valence-corrected chi connectivity index (χ0v) is 12.6. The molecule has 0 radical (unpaired) electrons. The molecule has 0 N–H and O–H groups in total. The fourth-order valence-corrected chi connectivity index (χ4v) is 1.16. The summed E-state index contributed by atoms with van der Waals surface area (Å²) in [4.78, 5) is 22.4. The van der Waals surface area contributed by atoms with E-state index >= 15 is 0 Å². The normalized spacial score (nSPS) is 12.9. The second-order valence-corrected chi connectivity index (χ2v) is 5.36. The minimum atomic E-state index is -5.18. The molecule has 0 aliphatic carbocycles. The number of ether oxygens (including phenoxy) is 2. The largest absolute Gasteiger partial charge is 0.465 e. The van der Waals surface area contributed by atoms with Crippen LogP contribution in [0.4, 0.5) is 22.0 Å². The molecular weight excluding hydrogens is 315 g/mol. The second-order valence-electron chi connectivity index (χ2n) is 5.36. The lowest BCUT2D eigenvalue weighted by molar-refractivity contribution is -0.208. The molecule has 22 heavy (non-hydrogen) atoms. The average Bonchev–Trinajstić information content (AvgIpc) is 2.34. The van der Waals surface area contributed by atoms with Crippen LogP contribution in [-0.4, -0.2) is 37.3 Å². The van der Waals surface area contributed by atoms with Gasteiger partial charge in [-0.1, -0.05) is 6.92 Å². The Morgan fingerprint density at radius 2 is 1.36 bits per heavy atom. The summed E-state index contributed by atoms with van der Waals surface area (Å²) >= 11 is 0. The van der Waals surface area contributed by atoms with E-state index in [1.807, 2.05) is 0 Å². The van der Waals surface area contributed by atoms with Crippen LogP contribution < -0.4 is 0 Å². The van der Waals surface area contributed by atoms with Crippen molar-refractivity contribution in [2.45, 2.75) is 52.1 Å². The first-order valence-corrected chi connectivity index (χ1v) is 6.61. The van der Waals surface area contributed by atoms with Crippen LogP contribution in [0.1, 0.15) is 40.0 Å². The third-order valence-corrected chi connectivity index (χ3v) is 2.91. The molecule has 0 amide bonds. The molecule has 0 spiro atoms. The van der Waals surface area contributed by atoms with Crippen molar-refractivity contribution in [2.75, 3.05) is 13.2 Å². The first-order chi connectivity index (χ1) is 9.82. The first-order valence-electron chi connectivity index (χ1n) is 6.61. The van der Waals surface area contributed by atoms with E-state index < -0.39 is 42.5 Å².